The van der Waals surface area contributed by atoms with Crippen molar-refractivity contribution in [1.29, 1.82) is 0 Å². The van der Waals surface area contributed by atoms with Gasteiger partial charge in [-0.1, -0.05) is 0 Å². The van der Waals surface area contributed by atoms with Crippen molar-refractivity contribution in [2.45, 2.75) is 88.3 Å². The molecule has 2 aliphatic rings. The fraction of sp³-hybridized carbons (Fsp3) is 1.00. The van der Waals surface area contributed by atoms with Crippen molar-refractivity contribution >= 4 is 33.9 Å². The van der Waals surface area contributed by atoms with Crippen molar-refractivity contribution in [2.75, 3.05) is 13.2 Å². The number of ether oxygens (including phenoxy) is 4. The van der Waals surface area contributed by atoms with Crippen LogP contribution >= 0.6 is 18.2 Å². The predicted molar refractivity (Wildman–Crippen MR) is 106 cm³/mol. The number of hydrogen-bond donors (Lipinski definition) is 1. The summed E-state index contributed by atoms with van der Waals surface area (Å²) < 4.78 is 40.4. The van der Waals surface area contributed by atoms with Gasteiger partial charge in [-0.05, 0) is 51.9 Å². The first-order valence-corrected chi connectivity index (χ1v) is 12.4. The Bertz CT molecular complexity index is 513. The predicted octanol–water partition coefficient (Wildman–Crippen LogP) is 1.99. The van der Waals surface area contributed by atoms with Crippen molar-refractivity contribution in [3.05, 3.63) is 0 Å². The van der Waals surface area contributed by atoms with Gasteiger partial charge in [0.25, 0.3) is 0 Å². The fourth-order valence-electron chi connectivity index (χ4n) is 3.05. The molecular formula is C16H29B2O7PS. The summed E-state index contributed by atoms with van der Waals surface area (Å²) in [6.07, 6.45) is -0.0880. The monoisotopic (exact) mass is 418 g/mol. The average molecular weight is 418 g/mol. The summed E-state index contributed by atoms with van der Waals surface area (Å²) in [5.74, 6) is 0. The van der Waals surface area contributed by atoms with E-state index in [4.69, 9.17) is 39.2 Å². The van der Waals surface area contributed by atoms with Gasteiger partial charge in [0.15, 0.2) is 0 Å². The Morgan fingerprint density at radius 3 is 2.33 bits per heavy atom. The highest BCUT2D eigenvalue weighted by atomic mass is 32.7. The van der Waals surface area contributed by atoms with Gasteiger partial charge in [-0.2, -0.15) is 0 Å². The molecule has 2 saturated heterocycles. The van der Waals surface area contributed by atoms with Crippen molar-refractivity contribution in [1.82, 2.24) is 0 Å². The van der Waals surface area contributed by atoms with Gasteiger partial charge in [0.1, 0.15) is 21.8 Å². The molecule has 0 bridgehead atoms. The van der Waals surface area contributed by atoms with E-state index >= 15 is 0 Å². The van der Waals surface area contributed by atoms with Gasteiger partial charge < -0.3 is 23.8 Å². The van der Waals surface area contributed by atoms with Crippen molar-refractivity contribution in [3.8, 4) is 0 Å². The molecule has 1 N–H and O–H groups in total. The second kappa shape index (κ2) is 10.5. The molecular weight excluding hydrogens is 389 g/mol. The van der Waals surface area contributed by atoms with Crippen LogP contribution in [-0.2, 0) is 28.0 Å². The van der Waals surface area contributed by atoms with Crippen molar-refractivity contribution in [2.24, 2.45) is 0 Å². The zero-order chi connectivity index (χ0) is 20.2. The molecule has 2 heterocycles. The van der Waals surface area contributed by atoms with Gasteiger partial charge in [0.2, 0.25) is 0 Å². The van der Waals surface area contributed by atoms with E-state index < -0.39 is 24.9 Å². The maximum Gasteiger partial charge on any atom is 0.387 e. The average Bonchev–Trinajstić information content (AvgIpc) is 3.04. The molecule has 7 atom stereocenters. The van der Waals surface area contributed by atoms with E-state index in [1.807, 2.05) is 27.7 Å². The summed E-state index contributed by atoms with van der Waals surface area (Å²) in [4.78, 5) is 10.3. The third kappa shape index (κ3) is 8.01. The fourth-order valence-corrected chi connectivity index (χ4v) is 6.40. The molecule has 0 amide bonds. The molecule has 0 aromatic carbocycles. The molecule has 2 rings (SSSR count). The largest absolute Gasteiger partial charge is 0.387 e. The smallest absolute Gasteiger partial charge is 0.381 e. The summed E-state index contributed by atoms with van der Waals surface area (Å²) >= 11 is 0.849. The molecule has 0 aromatic heterocycles. The number of rotatable bonds is 10. The highest BCUT2D eigenvalue weighted by Gasteiger charge is 2.41. The third-order valence-electron chi connectivity index (χ3n) is 4.17. The third-order valence-corrected chi connectivity index (χ3v) is 7.61. The Morgan fingerprint density at radius 1 is 1.07 bits per heavy atom. The molecule has 0 saturated carbocycles. The summed E-state index contributed by atoms with van der Waals surface area (Å²) in [5.41, 5.74) is 0. The van der Waals surface area contributed by atoms with Crippen LogP contribution in [0.4, 0.5) is 0 Å². The molecule has 11 heteroatoms. The van der Waals surface area contributed by atoms with E-state index in [9.17, 15) is 9.46 Å². The van der Waals surface area contributed by atoms with Crippen LogP contribution in [0.2, 0.25) is 0 Å². The van der Waals surface area contributed by atoms with Gasteiger partial charge in [0, 0.05) is 17.3 Å². The van der Waals surface area contributed by atoms with E-state index in [2.05, 4.69) is 0 Å². The quantitative estimate of drug-likeness (QED) is 0.426. The molecule has 7 unspecified atom stereocenters. The van der Waals surface area contributed by atoms with Crippen LogP contribution in [-0.4, -0.2) is 81.6 Å². The molecule has 4 radical (unpaired) electrons. The van der Waals surface area contributed by atoms with Gasteiger partial charge in [-0.3, -0.25) is 4.52 Å². The highest BCUT2D eigenvalue weighted by molar-refractivity contribution is 8.55. The second-order valence-electron chi connectivity index (χ2n) is 7.41. The molecule has 0 aliphatic carbocycles. The Kier molecular flexibility index (Phi) is 9.22. The molecule has 0 aromatic rings. The van der Waals surface area contributed by atoms with E-state index in [1.165, 1.54) is 0 Å². The van der Waals surface area contributed by atoms with Crippen LogP contribution in [0.25, 0.3) is 0 Å². The normalized spacial score (nSPS) is 36.6. The lowest BCUT2D eigenvalue weighted by atomic mass is 9.96. The summed E-state index contributed by atoms with van der Waals surface area (Å²) in [6, 6.07) is -0.949. The Labute approximate surface area is 168 Å². The number of hydrogen-bond acceptors (Lipinski definition) is 7. The summed E-state index contributed by atoms with van der Waals surface area (Å²) in [5, 5.41) is -0.288. The summed E-state index contributed by atoms with van der Waals surface area (Å²) in [6.45, 7) is 3.97. The minimum atomic E-state index is -3.94. The van der Waals surface area contributed by atoms with Crippen LogP contribution < -0.4 is 0 Å². The molecule has 0 spiro atoms. The van der Waals surface area contributed by atoms with E-state index in [0.717, 1.165) is 11.4 Å². The lowest BCUT2D eigenvalue weighted by Gasteiger charge is -2.24. The standard InChI is InChI=1S/C16H29B2O7PS/c1-9(2)21-7-13-14(6-16(18)25-13)27-26(19,20)22-8-12-11(23-10(3)4)5-15(17)24-12/h9-16H,5-8H2,1-4H3,(H,19,20). The van der Waals surface area contributed by atoms with Gasteiger partial charge in [-0.15, -0.1) is 0 Å². The van der Waals surface area contributed by atoms with Crippen molar-refractivity contribution in [3.63, 3.8) is 0 Å². The van der Waals surface area contributed by atoms with Crippen LogP contribution in [0.1, 0.15) is 40.5 Å². The molecule has 152 valence electrons. The second-order valence-corrected chi connectivity index (χ2v) is 11.4. The topological polar surface area (TPSA) is 83.5 Å². The molecule has 2 aliphatic heterocycles. The molecule has 2 fully saturated rings. The van der Waals surface area contributed by atoms with Crippen molar-refractivity contribution < 1.29 is 32.9 Å². The Hall–Kier alpha value is 0.470. The minimum Gasteiger partial charge on any atom is -0.381 e. The zero-order valence-corrected chi connectivity index (χ0v) is 18.1. The zero-order valence-electron chi connectivity index (χ0n) is 16.4. The first kappa shape index (κ1) is 23.7. The highest BCUT2D eigenvalue weighted by Crippen LogP contribution is 2.60. The maximum atomic E-state index is 12.6. The SMILES string of the molecule is [B]C1CC(OC(C)C)C(COP(=O)(O)SC2CC([B])OC2COC(C)C)O1. The lowest BCUT2D eigenvalue weighted by molar-refractivity contribution is -0.0547. The Morgan fingerprint density at radius 2 is 1.70 bits per heavy atom. The van der Waals surface area contributed by atoms with Gasteiger partial charge in [-0.25, -0.2) is 4.57 Å². The lowest BCUT2D eigenvalue weighted by Crippen LogP contribution is -2.31. The van der Waals surface area contributed by atoms with Crippen LogP contribution in [0, 0.1) is 0 Å². The molecule has 27 heavy (non-hydrogen) atoms. The van der Waals surface area contributed by atoms with E-state index in [0.29, 0.717) is 19.4 Å². The van der Waals surface area contributed by atoms with Crippen LogP contribution in [0.15, 0.2) is 0 Å². The van der Waals surface area contributed by atoms with E-state index in [1.54, 1.807) is 0 Å². The van der Waals surface area contributed by atoms with E-state index in [-0.39, 0.29) is 36.3 Å². The van der Waals surface area contributed by atoms with Gasteiger partial charge >= 0.3 is 6.80 Å². The first-order valence-electron chi connectivity index (χ1n) is 9.30. The first-order chi connectivity index (χ1) is 12.6. The Balaban J connectivity index is 1.87. The minimum absolute atomic E-state index is 0.000506. The molecule has 7 nitrogen and oxygen atoms in total. The van der Waals surface area contributed by atoms with Crippen LogP contribution in [0.5, 0.6) is 0 Å². The maximum absolute atomic E-state index is 12.6. The van der Waals surface area contributed by atoms with Crippen LogP contribution in [0.3, 0.4) is 0 Å². The van der Waals surface area contributed by atoms with Gasteiger partial charge in [0.05, 0.1) is 37.6 Å². The summed E-state index contributed by atoms with van der Waals surface area (Å²) in [7, 11) is 11.7.